The van der Waals surface area contributed by atoms with Crippen LogP contribution in [0.3, 0.4) is 0 Å². The van der Waals surface area contributed by atoms with Gasteiger partial charge in [0.1, 0.15) is 5.69 Å². The van der Waals surface area contributed by atoms with E-state index in [4.69, 9.17) is 21.4 Å². The molecule has 0 saturated heterocycles. The molecule has 1 saturated carbocycles. The molecule has 8 nitrogen and oxygen atoms in total. The van der Waals surface area contributed by atoms with Crippen LogP contribution in [0.25, 0.3) is 0 Å². The van der Waals surface area contributed by atoms with E-state index in [0.29, 0.717) is 12.2 Å². The third kappa shape index (κ3) is 6.85. The molecule has 29 heavy (non-hydrogen) atoms. The fourth-order valence-corrected chi connectivity index (χ4v) is 3.69. The highest BCUT2D eigenvalue weighted by atomic mass is 35.5. The van der Waals surface area contributed by atoms with Gasteiger partial charge in [-0.25, -0.2) is 9.97 Å². The molecule has 1 aliphatic carbocycles. The number of alkyl halides is 3. The van der Waals surface area contributed by atoms with Crippen LogP contribution < -0.4 is 10.6 Å². The SMILES string of the molecule is CCCSc1nc(Cl)c(NC(=O)C(F)(F)F)c(NC2CC(OCCO)CC2O)n1. The molecule has 1 aromatic rings. The quantitative estimate of drug-likeness (QED) is 0.253. The number of nitrogens with one attached hydrogen (secondary N) is 2. The number of anilines is 2. The third-order valence-corrected chi connectivity index (χ3v) is 5.35. The van der Waals surface area contributed by atoms with E-state index < -0.39 is 29.9 Å². The summed E-state index contributed by atoms with van der Waals surface area (Å²) < 4.78 is 43.4. The van der Waals surface area contributed by atoms with Crippen molar-refractivity contribution in [3.8, 4) is 0 Å². The van der Waals surface area contributed by atoms with Crippen LogP contribution in [-0.4, -0.2) is 69.5 Å². The van der Waals surface area contributed by atoms with Crippen LogP contribution in [0.1, 0.15) is 26.2 Å². The van der Waals surface area contributed by atoms with Crippen LogP contribution in [-0.2, 0) is 9.53 Å². The fourth-order valence-electron chi connectivity index (χ4n) is 2.73. The minimum Gasteiger partial charge on any atom is -0.394 e. The number of rotatable bonds is 9. The van der Waals surface area contributed by atoms with Gasteiger partial charge in [-0.3, -0.25) is 4.79 Å². The molecule has 0 spiro atoms. The molecule has 0 bridgehead atoms. The normalized spacial score (nSPS) is 22.0. The lowest BCUT2D eigenvalue weighted by Gasteiger charge is -2.20. The third-order valence-electron chi connectivity index (χ3n) is 4.03. The van der Waals surface area contributed by atoms with Gasteiger partial charge in [-0.15, -0.1) is 0 Å². The van der Waals surface area contributed by atoms with Gasteiger partial charge in [0.2, 0.25) is 0 Å². The van der Waals surface area contributed by atoms with Crippen molar-refractivity contribution >= 4 is 40.8 Å². The van der Waals surface area contributed by atoms with Crippen molar-refractivity contribution in [1.29, 1.82) is 0 Å². The van der Waals surface area contributed by atoms with Gasteiger partial charge in [-0.1, -0.05) is 30.3 Å². The van der Waals surface area contributed by atoms with Crippen molar-refractivity contribution in [3.05, 3.63) is 5.15 Å². The zero-order valence-electron chi connectivity index (χ0n) is 15.5. The summed E-state index contributed by atoms with van der Waals surface area (Å²) >= 11 is 7.28. The van der Waals surface area contributed by atoms with Crippen molar-refractivity contribution in [3.63, 3.8) is 0 Å². The van der Waals surface area contributed by atoms with E-state index in [-0.39, 0.29) is 41.9 Å². The molecule has 1 heterocycles. The fraction of sp³-hybridized carbons (Fsp3) is 0.688. The van der Waals surface area contributed by atoms with Crippen LogP contribution in [0, 0.1) is 0 Å². The molecular formula is C16H22ClF3N4O4S. The lowest BCUT2D eigenvalue weighted by Crippen LogP contribution is -2.32. The monoisotopic (exact) mass is 458 g/mol. The Morgan fingerprint density at radius 1 is 1.38 bits per heavy atom. The first-order valence-corrected chi connectivity index (χ1v) is 10.3. The standard InChI is InChI=1S/C16H22ClF3N4O4S/c1-2-5-29-15-23-12(17)11(22-14(27)16(18,19)20)13(24-15)21-9-6-8(7-10(9)26)28-4-3-25/h8-10,25-26H,2-7H2,1H3,(H,22,27)(H,21,23,24). The summed E-state index contributed by atoms with van der Waals surface area (Å²) in [6.45, 7) is 1.87. The lowest BCUT2D eigenvalue weighted by atomic mass is 10.2. The van der Waals surface area contributed by atoms with E-state index in [0.717, 1.165) is 6.42 Å². The molecule has 0 aromatic carbocycles. The Kier molecular flexibility index (Phi) is 8.76. The van der Waals surface area contributed by atoms with Crippen LogP contribution in [0.4, 0.5) is 24.7 Å². The maximum absolute atomic E-state index is 12.7. The largest absolute Gasteiger partial charge is 0.471 e. The Hall–Kier alpha value is -1.34. The highest BCUT2D eigenvalue weighted by molar-refractivity contribution is 7.99. The van der Waals surface area contributed by atoms with Gasteiger partial charge in [0.25, 0.3) is 0 Å². The number of aliphatic hydroxyl groups excluding tert-OH is 2. The smallest absolute Gasteiger partial charge is 0.394 e. The number of ether oxygens (including phenoxy) is 1. The summed E-state index contributed by atoms with van der Waals surface area (Å²) in [4.78, 5) is 19.5. The minimum atomic E-state index is -5.12. The van der Waals surface area contributed by atoms with Crippen LogP contribution >= 0.6 is 23.4 Å². The molecule has 164 valence electrons. The van der Waals surface area contributed by atoms with Crippen LogP contribution in [0.2, 0.25) is 5.15 Å². The van der Waals surface area contributed by atoms with Gasteiger partial charge < -0.3 is 25.6 Å². The number of carbonyl (C=O) groups excluding carboxylic acids is 1. The number of aromatic nitrogens is 2. The molecule has 1 fully saturated rings. The van der Waals surface area contributed by atoms with Crippen molar-refractivity contribution in [2.24, 2.45) is 0 Å². The van der Waals surface area contributed by atoms with E-state index in [1.165, 1.54) is 11.8 Å². The second-order valence-electron chi connectivity index (χ2n) is 6.33. The maximum atomic E-state index is 12.7. The molecule has 1 aliphatic rings. The molecule has 4 N–H and O–H groups in total. The van der Waals surface area contributed by atoms with Gasteiger partial charge >= 0.3 is 12.1 Å². The Labute approximate surface area is 174 Å². The van der Waals surface area contributed by atoms with Crippen molar-refractivity contribution in [2.45, 2.75) is 55.8 Å². The van der Waals surface area contributed by atoms with Crippen molar-refractivity contribution in [1.82, 2.24) is 9.97 Å². The topological polar surface area (TPSA) is 117 Å². The number of thioether (sulfide) groups is 1. The number of hydrogen-bond donors (Lipinski definition) is 4. The number of carbonyl (C=O) groups is 1. The predicted molar refractivity (Wildman–Crippen MR) is 102 cm³/mol. The predicted octanol–water partition coefficient (Wildman–Crippen LogP) is 2.45. The summed E-state index contributed by atoms with van der Waals surface area (Å²) in [6.07, 6.45) is -4.91. The minimum absolute atomic E-state index is 0.105. The van der Waals surface area contributed by atoms with E-state index in [9.17, 15) is 23.1 Å². The summed E-state index contributed by atoms with van der Waals surface area (Å²) in [5, 5.41) is 23.5. The zero-order chi connectivity index (χ0) is 21.6. The number of aliphatic hydroxyl groups is 2. The van der Waals surface area contributed by atoms with E-state index in [1.54, 1.807) is 5.32 Å². The Balaban J connectivity index is 2.26. The second kappa shape index (κ2) is 10.6. The molecule has 1 aromatic heterocycles. The van der Waals surface area contributed by atoms with Crippen molar-refractivity contribution < 1.29 is 32.9 Å². The Morgan fingerprint density at radius 3 is 2.72 bits per heavy atom. The second-order valence-corrected chi connectivity index (χ2v) is 7.75. The number of amides is 1. The summed E-state index contributed by atoms with van der Waals surface area (Å²) in [5.41, 5.74) is -0.415. The maximum Gasteiger partial charge on any atom is 0.471 e. The number of nitrogens with zero attached hydrogens (tertiary/aromatic N) is 2. The van der Waals surface area contributed by atoms with Gasteiger partial charge in [0.05, 0.1) is 31.5 Å². The first kappa shape index (κ1) is 23.9. The van der Waals surface area contributed by atoms with E-state index in [1.807, 2.05) is 6.92 Å². The molecule has 13 heteroatoms. The number of halogens is 4. The van der Waals surface area contributed by atoms with E-state index in [2.05, 4.69) is 15.3 Å². The zero-order valence-corrected chi connectivity index (χ0v) is 17.1. The summed E-state index contributed by atoms with van der Waals surface area (Å²) in [7, 11) is 0. The van der Waals surface area contributed by atoms with Gasteiger partial charge in [0, 0.05) is 12.2 Å². The molecule has 1 amide bonds. The Bertz CT molecular complexity index is 713. The van der Waals surface area contributed by atoms with Gasteiger partial charge in [-0.05, 0) is 12.8 Å². The molecule has 0 radical (unpaired) electrons. The average molecular weight is 459 g/mol. The highest BCUT2D eigenvalue weighted by Crippen LogP contribution is 2.34. The van der Waals surface area contributed by atoms with E-state index >= 15 is 0 Å². The molecule has 3 atom stereocenters. The highest BCUT2D eigenvalue weighted by Gasteiger charge is 2.40. The van der Waals surface area contributed by atoms with Gasteiger partial charge in [-0.2, -0.15) is 13.2 Å². The van der Waals surface area contributed by atoms with Crippen molar-refractivity contribution in [2.75, 3.05) is 29.6 Å². The molecule has 3 unspecified atom stereocenters. The first-order chi connectivity index (χ1) is 13.7. The number of hydrogen-bond acceptors (Lipinski definition) is 8. The summed E-state index contributed by atoms with van der Waals surface area (Å²) in [5.74, 6) is -1.67. The van der Waals surface area contributed by atoms with Crippen LogP contribution in [0.15, 0.2) is 5.16 Å². The van der Waals surface area contributed by atoms with Gasteiger partial charge in [0.15, 0.2) is 16.1 Å². The summed E-state index contributed by atoms with van der Waals surface area (Å²) in [6, 6.07) is -0.602. The molecular weight excluding hydrogens is 437 g/mol. The molecule has 2 rings (SSSR count). The average Bonchev–Trinajstić information content (AvgIpc) is 2.99. The Morgan fingerprint density at radius 2 is 2.10 bits per heavy atom. The molecule has 0 aliphatic heterocycles. The van der Waals surface area contributed by atoms with Crippen LogP contribution in [0.5, 0.6) is 0 Å². The lowest BCUT2D eigenvalue weighted by molar-refractivity contribution is -0.167. The first-order valence-electron chi connectivity index (χ1n) is 8.91.